The van der Waals surface area contributed by atoms with E-state index in [-0.39, 0.29) is 17.2 Å². The standard InChI is InChI=1S/C50H75N11O16S/c1-7-25(2)40-45(71)54-20-38(66)55-34-24-78(75)47-30(29-13-12-28(17-31(29)58-47)76-15-11-9-8-10-14-52-49(74)77-50(4,5)6)18-32(42(68)53-21-39(67)59-40)56-46(72)41(26(3)36(64)23-62)60-44(70)35-16-27(63)22-61(35)48(73)33(19-37(51)65)57-43(34)69/h12-13,17,25-27,32-36,40-41,58,62-64,75H,7-11,14-16,18-24H2,1-6H3,(H9-,51,52,53,54,55,56,57,59,60,65,66,67,68,69,70,71,72,74)/p+1/t25-,26-,27?,32?,33-,34?,35-,36-,40-,41-,78?/m0/s1. The Hall–Kier alpha value is -6.75. The van der Waals surface area contributed by atoms with E-state index in [4.69, 9.17) is 15.2 Å². The maximum absolute atomic E-state index is 14.7. The fourth-order valence-electron chi connectivity index (χ4n) is 9.07. The van der Waals surface area contributed by atoms with Crippen molar-refractivity contribution < 1.29 is 77.3 Å². The van der Waals surface area contributed by atoms with Crippen molar-refractivity contribution in [1.29, 1.82) is 0 Å². The lowest BCUT2D eigenvalue weighted by Crippen LogP contribution is -2.62. The zero-order chi connectivity index (χ0) is 57.6. The normalized spacial score (nSPS) is 25.6. The molecule has 0 saturated carbocycles. The van der Waals surface area contributed by atoms with Gasteiger partial charge in [-0.1, -0.05) is 40.0 Å². The second-order valence-corrected chi connectivity index (χ2v) is 22.3. The summed E-state index contributed by atoms with van der Waals surface area (Å²) in [5.41, 5.74) is 5.46. The van der Waals surface area contributed by atoms with Crippen LogP contribution in [0.5, 0.6) is 5.75 Å². The van der Waals surface area contributed by atoms with E-state index in [9.17, 15) is 67.8 Å². The lowest BCUT2D eigenvalue weighted by molar-refractivity contribution is -0.144. The molecular weight excluding hydrogens is 1040 g/mol. The van der Waals surface area contributed by atoms with Crippen molar-refractivity contribution in [2.75, 3.05) is 45.1 Å². The summed E-state index contributed by atoms with van der Waals surface area (Å²) in [6, 6.07) is -5.01. The first-order valence-corrected chi connectivity index (χ1v) is 27.4. The molecule has 0 aliphatic carbocycles. The minimum atomic E-state index is -2.14. The molecule has 10 amide bonds. The lowest BCUT2D eigenvalue weighted by Gasteiger charge is -2.32. The van der Waals surface area contributed by atoms with Gasteiger partial charge in [0.25, 0.3) is 5.03 Å². The Morgan fingerprint density at radius 2 is 1.54 bits per heavy atom. The number of unbranched alkanes of at least 4 members (excludes halogenated alkanes) is 3. The second kappa shape index (κ2) is 28.2. The molecule has 4 unspecified atom stereocenters. The number of carbonyl (C=O) groups excluding carboxylic acids is 10. The molecule has 2 bridgehead atoms. The molecule has 2 aromatic rings. The van der Waals surface area contributed by atoms with Crippen LogP contribution in [0.3, 0.4) is 0 Å². The maximum Gasteiger partial charge on any atom is 0.407 e. The molecule has 15 N–H and O–H groups in total. The number of aliphatic hydroxyl groups excluding tert-OH is 3. The van der Waals surface area contributed by atoms with Crippen molar-refractivity contribution in [3.05, 3.63) is 23.8 Å². The molecule has 1 saturated heterocycles. The van der Waals surface area contributed by atoms with Gasteiger partial charge in [-0.05, 0) is 51.7 Å². The second-order valence-electron chi connectivity index (χ2n) is 20.8. The summed E-state index contributed by atoms with van der Waals surface area (Å²) >= 11 is -2.14. The monoisotopic (exact) mass is 1120 g/mol. The fraction of sp³-hybridized carbons (Fsp3) is 0.640. The SMILES string of the molecule is CC[C@H](C)[C@@H]1NC(=O)CNC(=O)C2Cc3c([nH]c4cc(OCCCCCCNC(=O)OC(C)(C)C)ccc34)[S+](O)CC(NC(=O)CNC1=O)C(=O)N[C@@H](CC(N)=O)C(=O)N1CC(O)C[C@H]1C(=O)N[C@@H]([C@@H](C)[C@@H](O)CO)C(=O)N2. The average Bonchev–Trinajstić information content (AvgIpc) is 3.97. The smallest absolute Gasteiger partial charge is 0.407 e. The predicted molar refractivity (Wildman–Crippen MR) is 281 cm³/mol. The van der Waals surface area contributed by atoms with Crippen molar-refractivity contribution in [3.8, 4) is 5.75 Å². The quantitative estimate of drug-likeness (QED) is 0.0632. The zero-order valence-electron chi connectivity index (χ0n) is 44.7. The minimum Gasteiger partial charge on any atom is -0.494 e. The third-order valence-electron chi connectivity index (χ3n) is 13.5. The van der Waals surface area contributed by atoms with E-state index in [1.807, 2.05) is 0 Å². The Kier molecular flexibility index (Phi) is 22.5. The Balaban J connectivity index is 1.62. The van der Waals surface area contributed by atoms with Gasteiger partial charge in [-0.3, -0.25) is 43.2 Å². The van der Waals surface area contributed by atoms with Gasteiger partial charge in [-0.2, -0.15) is 4.55 Å². The Labute approximate surface area is 453 Å². The Morgan fingerprint density at radius 1 is 0.859 bits per heavy atom. The molecule has 3 aliphatic rings. The van der Waals surface area contributed by atoms with Gasteiger partial charge in [0.15, 0.2) is 11.8 Å². The van der Waals surface area contributed by atoms with Gasteiger partial charge in [0.2, 0.25) is 64.3 Å². The summed E-state index contributed by atoms with van der Waals surface area (Å²) in [6.45, 7) is 7.86. The first kappa shape index (κ1) is 62.1. The Morgan fingerprint density at radius 3 is 2.21 bits per heavy atom. The van der Waals surface area contributed by atoms with Crippen molar-refractivity contribution >= 4 is 81.3 Å². The topological polar surface area (TPSA) is 411 Å². The van der Waals surface area contributed by atoms with Crippen molar-refractivity contribution in [2.24, 2.45) is 17.6 Å². The molecule has 0 radical (unpaired) electrons. The maximum atomic E-state index is 14.7. The van der Waals surface area contributed by atoms with Crippen LogP contribution in [-0.2, 0) is 65.5 Å². The number of nitrogens with zero attached hydrogens (tertiary/aromatic N) is 1. The van der Waals surface area contributed by atoms with Crippen LogP contribution in [0.25, 0.3) is 10.9 Å². The van der Waals surface area contributed by atoms with Gasteiger partial charge in [-0.15, -0.1) is 0 Å². The van der Waals surface area contributed by atoms with E-state index in [1.54, 1.807) is 52.8 Å². The summed E-state index contributed by atoms with van der Waals surface area (Å²) < 4.78 is 23.7. The van der Waals surface area contributed by atoms with Crippen LogP contribution >= 0.6 is 0 Å². The number of nitrogens with two attached hydrogens (primary N) is 1. The summed E-state index contributed by atoms with van der Waals surface area (Å²) in [5.74, 6) is -11.1. The van der Waals surface area contributed by atoms with Crippen LogP contribution in [-0.4, -0.2) is 188 Å². The highest BCUT2D eigenvalue weighted by atomic mass is 32.2. The van der Waals surface area contributed by atoms with E-state index >= 15 is 0 Å². The van der Waals surface area contributed by atoms with Crippen LogP contribution in [0, 0.1) is 11.8 Å². The summed E-state index contributed by atoms with van der Waals surface area (Å²) in [7, 11) is 0. The molecule has 5 rings (SSSR count). The number of benzene rings is 1. The number of ether oxygens (including phenoxy) is 2. The average molecular weight is 1120 g/mol. The van der Waals surface area contributed by atoms with Gasteiger partial charge >= 0.3 is 6.09 Å². The lowest BCUT2D eigenvalue weighted by atomic mass is 9.93. The molecule has 1 fully saturated rings. The number of rotatable bonds is 15. The fourth-order valence-corrected chi connectivity index (χ4v) is 10.5. The summed E-state index contributed by atoms with van der Waals surface area (Å²) in [4.78, 5) is 142. The number of fused-ring (bicyclic) bond motifs is 5. The summed E-state index contributed by atoms with van der Waals surface area (Å²) in [6.07, 6.45) is -1.99. The van der Waals surface area contributed by atoms with Crippen molar-refractivity contribution in [3.63, 3.8) is 0 Å². The predicted octanol–water partition coefficient (Wildman–Crippen LogP) is -2.82. The number of aromatic amines is 1. The molecule has 11 atom stereocenters. The number of alkyl carbamates (subject to hydrolysis) is 1. The molecule has 1 aromatic carbocycles. The number of amides is 10. The van der Waals surface area contributed by atoms with Gasteiger partial charge in [-0.25, -0.2) is 4.79 Å². The molecule has 3 aliphatic heterocycles. The zero-order valence-corrected chi connectivity index (χ0v) is 45.5. The highest BCUT2D eigenvalue weighted by Crippen LogP contribution is 2.32. The first-order chi connectivity index (χ1) is 36.8. The van der Waals surface area contributed by atoms with E-state index in [0.717, 1.165) is 17.7 Å². The van der Waals surface area contributed by atoms with Crippen molar-refractivity contribution in [1.82, 2.24) is 52.4 Å². The van der Waals surface area contributed by atoms with E-state index < -0.39 is 188 Å². The minimum absolute atomic E-state index is 0.0153. The third kappa shape index (κ3) is 17.4. The van der Waals surface area contributed by atoms with Gasteiger partial charge in [0.05, 0.1) is 50.4 Å². The van der Waals surface area contributed by atoms with Crippen LogP contribution in [0.2, 0.25) is 0 Å². The molecule has 432 valence electrons. The molecule has 1 aromatic heterocycles. The Bertz CT molecular complexity index is 2520. The first-order valence-electron chi connectivity index (χ1n) is 26.1. The highest BCUT2D eigenvalue weighted by Gasteiger charge is 2.46. The van der Waals surface area contributed by atoms with E-state index in [2.05, 4.69) is 47.5 Å². The number of H-pyrrole nitrogens is 1. The van der Waals surface area contributed by atoms with Crippen LogP contribution < -0.4 is 53.0 Å². The van der Waals surface area contributed by atoms with Crippen LogP contribution in [0.15, 0.2) is 23.2 Å². The molecule has 27 nitrogen and oxygen atoms in total. The summed E-state index contributed by atoms with van der Waals surface area (Å²) in [5, 5.41) is 52.3. The number of carbonyl (C=O) groups is 10. The van der Waals surface area contributed by atoms with Crippen LogP contribution in [0.1, 0.15) is 92.1 Å². The molecule has 28 heteroatoms. The number of nitrogens with one attached hydrogen (secondary N) is 9. The molecule has 78 heavy (non-hydrogen) atoms. The number of hydrogen-bond acceptors (Lipinski definition) is 16. The number of hydrogen-bond donors (Lipinski definition) is 14. The van der Waals surface area contributed by atoms with Gasteiger partial charge in [0.1, 0.15) is 41.6 Å². The van der Waals surface area contributed by atoms with Crippen molar-refractivity contribution in [2.45, 2.75) is 152 Å². The van der Waals surface area contributed by atoms with E-state index in [1.165, 1.54) is 6.92 Å². The molecular formula is C50H76N11O16S+. The van der Waals surface area contributed by atoms with Crippen LogP contribution in [0.4, 0.5) is 4.79 Å². The van der Waals surface area contributed by atoms with E-state index in [0.29, 0.717) is 42.5 Å². The number of aliphatic hydroxyl groups is 3. The van der Waals surface area contributed by atoms with Gasteiger partial charge in [0, 0.05) is 48.9 Å². The number of primary amides is 1. The molecule has 0 spiro atoms. The highest BCUT2D eigenvalue weighted by molar-refractivity contribution is 7.91. The number of aromatic nitrogens is 1. The largest absolute Gasteiger partial charge is 0.494 e. The molecule has 4 heterocycles. The van der Waals surface area contributed by atoms with Gasteiger partial charge < -0.3 is 82.9 Å². The third-order valence-corrected chi connectivity index (χ3v) is 15.0.